The Morgan fingerprint density at radius 3 is 2.86 bits per heavy atom. The summed E-state index contributed by atoms with van der Waals surface area (Å²) in [6, 6.07) is 6.87. The van der Waals surface area contributed by atoms with Crippen molar-refractivity contribution in [1.29, 1.82) is 0 Å². The molecule has 0 unspecified atom stereocenters. The van der Waals surface area contributed by atoms with Crippen LogP contribution < -0.4 is 10.1 Å². The lowest BCUT2D eigenvalue weighted by Gasteiger charge is -2.09. The van der Waals surface area contributed by atoms with E-state index < -0.39 is 0 Å². The molecule has 21 heavy (non-hydrogen) atoms. The maximum atomic E-state index is 5.88. The third-order valence-electron chi connectivity index (χ3n) is 3.61. The molecule has 0 radical (unpaired) electrons. The van der Waals surface area contributed by atoms with Crippen molar-refractivity contribution < 1.29 is 4.74 Å². The van der Waals surface area contributed by atoms with Crippen molar-refractivity contribution in [2.75, 3.05) is 0 Å². The fraction of sp³-hybridized carbons (Fsp3) is 0.438. The minimum absolute atomic E-state index is 0.538. The molecule has 2 aromatic rings. The van der Waals surface area contributed by atoms with Gasteiger partial charge in [-0.3, -0.25) is 0 Å². The molecule has 0 amide bonds. The number of aryl methyl sites for hydroxylation is 2. The maximum absolute atomic E-state index is 5.88. The lowest BCUT2D eigenvalue weighted by molar-refractivity contribution is 0.305. The number of rotatable bonds is 6. The number of nitrogens with zero attached hydrogens (tertiary/aromatic N) is 1. The summed E-state index contributed by atoms with van der Waals surface area (Å²) in [5.41, 5.74) is 2.34. The van der Waals surface area contributed by atoms with Gasteiger partial charge < -0.3 is 10.1 Å². The first-order chi connectivity index (χ1) is 10.1. The number of hydrogen-bond donors (Lipinski definition) is 1. The SMILES string of the molecule is Cc1nc(COc2ccc(Br)c(CNC3CC3)c2)sc1C. The molecule has 1 N–H and O–H groups in total. The zero-order valence-corrected chi connectivity index (χ0v) is 14.7. The molecule has 112 valence electrons. The van der Waals surface area contributed by atoms with Crippen LogP contribution in [0.2, 0.25) is 0 Å². The van der Waals surface area contributed by atoms with Gasteiger partial charge in [0.25, 0.3) is 0 Å². The van der Waals surface area contributed by atoms with Crippen LogP contribution in [0, 0.1) is 13.8 Å². The van der Waals surface area contributed by atoms with Crippen LogP contribution in [0.1, 0.15) is 34.0 Å². The van der Waals surface area contributed by atoms with E-state index in [-0.39, 0.29) is 0 Å². The van der Waals surface area contributed by atoms with Gasteiger partial charge in [0.1, 0.15) is 17.4 Å². The summed E-state index contributed by atoms with van der Waals surface area (Å²) in [6.45, 7) is 5.56. The van der Waals surface area contributed by atoms with Crippen molar-refractivity contribution in [3.8, 4) is 5.75 Å². The van der Waals surface area contributed by atoms with Crippen molar-refractivity contribution in [1.82, 2.24) is 10.3 Å². The molecule has 3 nitrogen and oxygen atoms in total. The number of nitrogens with one attached hydrogen (secondary N) is 1. The number of benzene rings is 1. The smallest absolute Gasteiger partial charge is 0.140 e. The molecule has 0 saturated heterocycles. The average molecular weight is 367 g/mol. The van der Waals surface area contributed by atoms with E-state index in [4.69, 9.17) is 4.74 Å². The molecule has 0 atom stereocenters. The van der Waals surface area contributed by atoms with Crippen LogP contribution in [0.4, 0.5) is 0 Å². The van der Waals surface area contributed by atoms with E-state index in [1.807, 2.05) is 13.0 Å². The van der Waals surface area contributed by atoms with Gasteiger partial charge in [-0.1, -0.05) is 15.9 Å². The van der Waals surface area contributed by atoms with Gasteiger partial charge in [0.05, 0.1) is 5.69 Å². The van der Waals surface area contributed by atoms with Crippen LogP contribution in [-0.4, -0.2) is 11.0 Å². The average Bonchev–Trinajstić information content (AvgIpc) is 3.23. The summed E-state index contributed by atoms with van der Waals surface area (Å²) < 4.78 is 7.01. The van der Waals surface area contributed by atoms with E-state index in [0.717, 1.165) is 27.5 Å². The molecule has 0 spiro atoms. The number of ether oxygens (including phenoxy) is 1. The molecular formula is C16H19BrN2OS. The van der Waals surface area contributed by atoms with E-state index in [1.54, 1.807) is 11.3 Å². The van der Waals surface area contributed by atoms with Gasteiger partial charge in [-0.15, -0.1) is 11.3 Å². The second-order valence-electron chi connectivity index (χ2n) is 5.45. The quantitative estimate of drug-likeness (QED) is 0.824. The standard InChI is InChI=1S/C16H19BrN2OS/c1-10-11(2)21-16(19-10)9-20-14-5-6-15(17)12(7-14)8-18-13-3-4-13/h5-7,13,18H,3-4,8-9H2,1-2H3. The first kappa shape index (κ1) is 15.0. The van der Waals surface area contributed by atoms with Gasteiger partial charge in [-0.05, 0) is 50.5 Å². The fourth-order valence-corrected chi connectivity index (χ4v) is 3.30. The molecule has 1 aromatic carbocycles. The molecule has 1 aliphatic rings. The zero-order chi connectivity index (χ0) is 14.8. The number of aromatic nitrogens is 1. The monoisotopic (exact) mass is 366 g/mol. The highest BCUT2D eigenvalue weighted by Gasteiger charge is 2.20. The van der Waals surface area contributed by atoms with Crippen molar-refractivity contribution >= 4 is 27.3 Å². The van der Waals surface area contributed by atoms with Crippen LogP contribution in [0.15, 0.2) is 22.7 Å². The molecule has 5 heteroatoms. The lowest BCUT2D eigenvalue weighted by atomic mass is 10.2. The Labute approximate surface area is 137 Å². The van der Waals surface area contributed by atoms with Gasteiger partial charge in [0, 0.05) is 21.9 Å². The Kier molecular flexibility index (Phi) is 4.62. The number of halogens is 1. The van der Waals surface area contributed by atoms with E-state index >= 15 is 0 Å². The Morgan fingerprint density at radius 2 is 2.19 bits per heavy atom. The summed E-state index contributed by atoms with van der Waals surface area (Å²) in [6.07, 6.45) is 2.60. The molecule has 1 heterocycles. The van der Waals surface area contributed by atoms with E-state index in [0.29, 0.717) is 12.6 Å². The highest BCUT2D eigenvalue weighted by Crippen LogP contribution is 2.26. The molecule has 1 saturated carbocycles. The number of hydrogen-bond acceptors (Lipinski definition) is 4. The third kappa shape index (κ3) is 4.05. The van der Waals surface area contributed by atoms with E-state index in [1.165, 1.54) is 23.3 Å². The van der Waals surface area contributed by atoms with Gasteiger partial charge in [0.2, 0.25) is 0 Å². The second kappa shape index (κ2) is 6.46. The molecule has 1 aromatic heterocycles. The molecule has 0 aliphatic heterocycles. The molecular weight excluding hydrogens is 348 g/mol. The summed E-state index contributed by atoms with van der Waals surface area (Å²) in [5, 5.41) is 4.56. The van der Waals surface area contributed by atoms with Crippen molar-refractivity contribution in [2.24, 2.45) is 0 Å². The largest absolute Gasteiger partial charge is 0.486 e. The maximum Gasteiger partial charge on any atom is 0.140 e. The fourth-order valence-electron chi connectivity index (χ4n) is 2.06. The Morgan fingerprint density at radius 1 is 1.38 bits per heavy atom. The third-order valence-corrected chi connectivity index (χ3v) is 5.43. The van der Waals surface area contributed by atoms with Crippen LogP contribution >= 0.6 is 27.3 Å². The van der Waals surface area contributed by atoms with Crippen molar-refractivity contribution in [3.63, 3.8) is 0 Å². The first-order valence-corrected chi connectivity index (χ1v) is 8.80. The minimum Gasteiger partial charge on any atom is -0.486 e. The zero-order valence-electron chi connectivity index (χ0n) is 12.3. The summed E-state index contributed by atoms with van der Waals surface area (Å²) >= 11 is 5.31. The highest BCUT2D eigenvalue weighted by atomic mass is 79.9. The van der Waals surface area contributed by atoms with Gasteiger partial charge >= 0.3 is 0 Å². The molecule has 0 bridgehead atoms. The Balaban J connectivity index is 1.62. The van der Waals surface area contributed by atoms with E-state index in [2.05, 4.69) is 45.3 Å². The predicted octanol–water partition coefficient (Wildman–Crippen LogP) is 4.35. The normalized spacial score (nSPS) is 14.4. The highest BCUT2D eigenvalue weighted by molar-refractivity contribution is 9.10. The summed E-state index contributed by atoms with van der Waals surface area (Å²) in [5.74, 6) is 0.899. The molecule has 3 rings (SSSR count). The molecule has 1 aliphatic carbocycles. The van der Waals surface area contributed by atoms with E-state index in [9.17, 15) is 0 Å². The van der Waals surface area contributed by atoms with Gasteiger partial charge in [0.15, 0.2) is 0 Å². The first-order valence-electron chi connectivity index (χ1n) is 7.19. The predicted molar refractivity (Wildman–Crippen MR) is 89.9 cm³/mol. The minimum atomic E-state index is 0.538. The topological polar surface area (TPSA) is 34.1 Å². The summed E-state index contributed by atoms with van der Waals surface area (Å²) in [7, 11) is 0. The van der Waals surface area contributed by atoms with Gasteiger partial charge in [-0.2, -0.15) is 0 Å². The van der Waals surface area contributed by atoms with Gasteiger partial charge in [-0.25, -0.2) is 4.98 Å². The lowest BCUT2D eigenvalue weighted by Crippen LogP contribution is -2.15. The van der Waals surface area contributed by atoms with Crippen molar-refractivity contribution in [3.05, 3.63) is 43.8 Å². The Hall–Kier alpha value is -0.910. The van der Waals surface area contributed by atoms with Crippen LogP contribution in [0.3, 0.4) is 0 Å². The van der Waals surface area contributed by atoms with Crippen LogP contribution in [-0.2, 0) is 13.2 Å². The van der Waals surface area contributed by atoms with Crippen molar-refractivity contribution in [2.45, 2.75) is 45.9 Å². The summed E-state index contributed by atoms with van der Waals surface area (Å²) in [4.78, 5) is 5.77. The number of thiazole rings is 1. The Bertz CT molecular complexity index is 618. The second-order valence-corrected chi connectivity index (χ2v) is 7.59. The molecule has 1 fully saturated rings. The van der Waals surface area contributed by atoms with Crippen LogP contribution in [0.5, 0.6) is 5.75 Å². The van der Waals surface area contributed by atoms with Crippen LogP contribution in [0.25, 0.3) is 0 Å².